The summed E-state index contributed by atoms with van der Waals surface area (Å²) in [6.07, 6.45) is -0.743. The summed E-state index contributed by atoms with van der Waals surface area (Å²) in [4.78, 5) is 16.3. The summed E-state index contributed by atoms with van der Waals surface area (Å²) in [6, 6.07) is 11.9. The van der Waals surface area contributed by atoms with Gasteiger partial charge >= 0.3 is 6.18 Å². The zero-order valence-electron chi connectivity index (χ0n) is 17.1. The van der Waals surface area contributed by atoms with Crippen LogP contribution in [-0.2, 0) is 17.5 Å². The quantitative estimate of drug-likeness (QED) is 0.607. The van der Waals surface area contributed by atoms with Crippen LogP contribution in [0, 0.1) is 0 Å². The van der Waals surface area contributed by atoms with Crippen molar-refractivity contribution in [2.24, 2.45) is 0 Å². The van der Waals surface area contributed by atoms with Crippen molar-refractivity contribution in [3.63, 3.8) is 0 Å². The Bertz CT molecular complexity index is 848. The number of amides is 1. The molecule has 1 aliphatic rings. The SMILES string of the molecule is CC(=O)N(CCN1CCCCC1)Cc1cccc(Oc2cccc(C(F)(F)F)c2)c1. The molecule has 1 aliphatic heterocycles. The first kappa shape index (κ1) is 22.2. The van der Waals surface area contributed by atoms with Gasteiger partial charge in [0.25, 0.3) is 0 Å². The van der Waals surface area contributed by atoms with E-state index in [2.05, 4.69) is 4.90 Å². The van der Waals surface area contributed by atoms with E-state index in [1.165, 1.54) is 31.4 Å². The van der Waals surface area contributed by atoms with Crippen molar-refractivity contribution in [2.75, 3.05) is 26.2 Å². The summed E-state index contributed by atoms with van der Waals surface area (Å²) in [7, 11) is 0. The van der Waals surface area contributed by atoms with Crippen LogP contribution in [-0.4, -0.2) is 41.9 Å². The van der Waals surface area contributed by atoms with Gasteiger partial charge in [-0.1, -0.05) is 24.6 Å². The van der Waals surface area contributed by atoms with Crippen molar-refractivity contribution >= 4 is 5.91 Å². The van der Waals surface area contributed by atoms with E-state index in [4.69, 9.17) is 4.74 Å². The number of carbonyl (C=O) groups is 1. The summed E-state index contributed by atoms with van der Waals surface area (Å²) >= 11 is 0. The topological polar surface area (TPSA) is 32.8 Å². The van der Waals surface area contributed by atoms with Crippen molar-refractivity contribution in [3.8, 4) is 11.5 Å². The lowest BCUT2D eigenvalue weighted by Crippen LogP contribution is -2.39. The lowest BCUT2D eigenvalue weighted by atomic mass is 10.1. The highest BCUT2D eigenvalue weighted by atomic mass is 19.4. The van der Waals surface area contributed by atoms with E-state index in [-0.39, 0.29) is 11.7 Å². The average molecular weight is 420 g/mol. The van der Waals surface area contributed by atoms with E-state index < -0.39 is 11.7 Å². The fourth-order valence-electron chi connectivity index (χ4n) is 3.59. The fourth-order valence-corrected chi connectivity index (χ4v) is 3.59. The predicted octanol–water partition coefficient (Wildman–Crippen LogP) is 5.33. The molecule has 1 saturated heterocycles. The molecule has 2 aromatic carbocycles. The van der Waals surface area contributed by atoms with Crippen LogP contribution in [0.2, 0.25) is 0 Å². The third-order valence-electron chi connectivity index (χ3n) is 5.25. The highest BCUT2D eigenvalue weighted by Crippen LogP contribution is 2.32. The molecular weight excluding hydrogens is 393 g/mol. The van der Waals surface area contributed by atoms with Crippen molar-refractivity contribution in [1.29, 1.82) is 0 Å². The molecule has 7 heteroatoms. The van der Waals surface area contributed by atoms with E-state index in [0.29, 0.717) is 18.8 Å². The molecule has 1 heterocycles. The van der Waals surface area contributed by atoms with Crippen LogP contribution >= 0.6 is 0 Å². The standard InChI is InChI=1S/C23H27F3N2O2/c1-18(29)28(14-13-27-11-3-2-4-12-27)17-19-7-5-9-21(15-19)30-22-10-6-8-20(16-22)23(24,25)26/h5-10,15-16H,2-4,11-14,17H2,1H3. The number of halogens is 3. The first-order valence-corrected chi connectivity index (χ1v) is 10.2. The van der Waals surface area contributed by atoms with Crippen LogP contribution in [0.5, 0.6) is 11.5 Å². The molecule has 0 aliphatic carbocycles. The largest absolute Gasteiger partial charge is 0.457 e. The molecule has 4 nitrogen and oxygen atoms in total. The lowest BCUT2D eigenvalue weighted by molar-refractivity contribution is -0.137. The molecule has 0 spiro atoms. The van der Waals surface area contributed by atoms with Gasteiger partial charge in [-0.3, -0.25) is 4.79 Å². The Labute approximate surface area is 175 Å². The van der Waals surface area contributed by atoms with E-state index >= 15 is 0 Å². The average Bonchev–Trinajstić information content (AvgIpc) is 2.71. The van der Waals surface area contributed by atoms with Crippen LogP contribution in [0.25, 0.3) is 0 Å². The minimum Gasteiger partial charge on any atom is -0.457 e. The van der Waals surface area contributed by atoms with Gasteiger partial charge in [-0.05, 0) is 61.8 Å². The minimum atomic E-state index is -4.42. The third-order valence-corrected chi connectivity index (χ3v) is 5.25. The second kappa shape index (κ2) is 9.98. The molecule has 30 heavy (non-hydrogen) atoms. The van der Waals surface area contributed by atoms with Crippen molar-refractivity contribution in [1.82, 2.24) is 9.80 Å². The van der Waals surface area contributed by atoms with Gasteiger partial charge in [0.1, 0.15) is 11.5 Å². The maximum Gasteiger partial charge on any atom is 0.416 e. The summed E-state index contributed by atoms with van der Waals surface area (Å²) < 4.78 is 44.3. The molecule has 162 valence electrons. The van der Waals surface area contributed by atoms with E-state index in [1.807, 2.05) is 6.07 Å². The summed E-state index contributed by atoms with van der Waals surface area (Å²) in [5, 5.41) is 0. The highest BCUT2D eigenvalue weighted by molar-refractivity contribution is 5.73. The number of carbonyl (C=O) groups excluding carboxylic acids is 1. The number of hydrogen-bond donors (Lipinski definition) is 0. The molecule has 3 rings (SSSR count). The van der Waals surface area contributed by atoms with Gasteiger partial charge in [0.2, 0.25) is 5.91 Å². The zero-order chi connectivity index (χ0) is 21.6. The molecule has 1 amide bonds. The van der Waals surface area contributed by atoms with Gasteiger partial charge in [-0.15, -0.1) is 0 Å². The predicted molar refractivity (Wildman–Crippen MR) is 109 cm³/mol. The Balaban J connectivity index is 1.64. The van der Waals surface area contributed by atoms with Gasteiger partial charge in [-0.25, -0.2) is 0 Å². The van der Waals surface area contributed by atoms with Crippen LogP contribution in [0.3, 0.4) is 0 Å². The fraction of sp³-hybridized carbons (Fsp3) is 0.435. The molecule has 0 N–H and O–H groups in total. The summed E-state index contributed by atoms with van der Waals surface area (Å²) in [6.45, 7) is 5.63. The molecule has 1 fully saturated rings. The number of piperidine rings is 1. The lowest BCUT2D eigenvalue weighted by Gasteiger charge is -2.29. The van der Waals surface area contributed by atoms with Gasteiger partial charge in [0, 0.05) is 26.6 Å². The van der Waals surface area contributed by atoms with Crippen LogP contribution in [0.4, 0.5) is 13.2 Å². The van der Waals surface area contributed by atoms with Gasteiger partial charge in [0.05, 0.1) is 5.56 Å². The van der Waals surface area contributed by atoms with Crippen molar-refractivity contribution in [2.45, 2.75) is 38.9 Å². The normalized spacial score (nSPS) is 15.1. The van der Waals surface area contributed by atoms with Crippen molar-refractivity contribution < 1.29 is 22.7 Å². The van der Waals surface area contributed by atoms with Gasteiger partial charge < -0.3 is 14.5 Å². The maximum atomic E-state index is 12.9. The molecular formula is C23H27F3N2O2. The third kappa shape index (κ3) is 6.49. The zero-order valence-corrected chi connectivity index (χ0v) is 17.1. The Kier molecular flexibility index (Phi) is 7.37. The smallest absolute Gasteiger partial charge is 0.416 e. The van der Waals surface area contributed by atoms with Crippen LogP contribution in [0.1, 0.15) is 37.3 Å². The van der Waals surface area contributed by atoms with Crippen molar-refractivity contribution in [3.05, 3.63) is 59.7 Å². The number of benzene rings is 2. The molecule has 2 aromatic rings. The summed E-state index contributed by atoms with van der Waals surface area (Å²) in [5.41, 5.74) is 0.116. The summed E-state index contributed by atoms with van der Waals surface area (Å²) in [5.74, 6) is 0.554. The van der Waals surface area contributed by atoms with E-state index in [1.54, 1.807) is 30.0 Å². The second-order valence-electron chi connectivity index (χ2n) is 7.62. The maximum absolute atomic E-state index is 12.9. The monoisotopic (exact) mass is 420 g/mol. The van der Waals surface area contributed by atoms with Crippen LogP contribution in [0.15, 0.2) is 48.5 Å². The Hall–Kier alpha value is -2.54. The second-order valence-corrected chi connectivity index (χ2v) is 7.62. The Morgan fingerprint density at radius 1 is 1.03 bits per heavy atom. The number of alkyl halides is 3. The molecule has 0 aromatic heterocycles. The Morgan fingerprint density at radius 3 is 2.37 bits per heavy atom. The number of nitrogens with zero attached hydrogens (tertiary/aromatic N) is 2. The number of hydrogen-bond acceptors (Lipinski definition) is 3. The number of rotatable bonds is 7. The first-order valence-electron chi connectivity index (χ1n) is 10.2. The molecule has 0 unspecified atom stereocenters. The first-order chi connectivity index (χ1) is 14.3. The molecule has 0 saturated carbocycles. The highest BCUT2D eigenvalue weighted by Gasteiger charge is 2.30. The van der Waals surface area contributed by atoms with E-state index in [9.17, 15) is 18.0 Å². The minimum absolute atomic E-state index is 0.00351. The van der Waals surface area contributed by atoms with Crippen LogP contribution < -0.4 is 4.74 Å². The number of likely N-dealkylation sites (tertiary alicyclic amines) is 1. The van der Waals surface area contributed by atoms with Gasteiger partial charge in [-0.2, -0.15) is 13.2 Å². The van der Waals surface area contributed by atoms with E-state index in [0.717, 1.165) is 37.3 Å². The molecule has 0 atom stereocenters. The number of ether oxygens (including phenoxy) is 1. The Morgan fingerprint density at radius 2 is 1.70 bits per heavy atom. The molecule has 0 bridgehead atoms. The van der Waals surface area contributed by atoms with Gasteiger partial charge in [0.15, 0.2) is 0 Å². The molecule has 0 radical (unpaired) electrons.